The molecule has 1 unspecified atom stereocenters. The molecule has 1 aromatic heterocycles. The molecule has 5 heteroatoms. The Labute approximate surface area is 69.2 Å². The summed E-state index contributed by atoms with van der Waals surface area (Å²) in [6, 6.07) is -0.0301. The third-order valence-corrected chi connectivity index (χ3v) is 1.69. The summed E-state index contributed by atoms with van der Waals surface area (Å²) in [5.41, 5.74) is -0.132. The highest BCUT2D eigenvalue weighted by Crippen LogP contribution is 2.17. The van der Waals surface area contributed by atoms with Gasteiger partial charge in [-0.05, 0) is 14.0 Å². The van der Waals surface area contributed by atoms with Gasteiger partial charge in [-0.15, -0.1) is 0 Å². The van der Waals surface area contributed by atoms with Crippen LogP contribution in [0.2, 0.25) is 0 Å². The fourth-order valence-electron chi connectivity index (χ4n) is 0.819. The lowest BCUT2D eigenvalue weighted by atomic mass is 10.3. The number of aromatic amines is 1. The molecule has 0 radical (unpaired) electrons. The number of hydrogen-bond donors (Lipinski definition) is 2. The van der Waals surface area contributed by atoms with Crippen molar-refractivity contribution in [1.29, 1.82) is 0 Å². The van der Waals surface area contributed by atoms with E-state index in [-0.39, 0.29) is 11.7 Å². The van der Waals surface area contributed by atoms with Gasteiger partial charge >= 0.3 is 0 Å². The van der Waals surface area contributed by atoms with Crippen molar-refractivity contribution in [3.05, 3.63) is 17.7 Å². The van der Waals surface area contributed by atoms with E-state index in [4.69, 9.17) is 0 Å². The Bertz CT molecular complexity index is 247. The van der Waals surface area contributed by atoms with Crippen LogP contribution in [0.5, 0.6) is 0 Å². The zero-order chi connectivity index (χ0) is 9.14. The maximum absolute atomic E-state index is 12.1. The summed E-state index contributed by atoms with van der Waals surface area (Å²) in [4.78, 5) is 6.35. The molecule has 12 heavy (non-hydrogen) atoms. The monoisotopic (exact) mass is 175 g/mol. The van der Waals surface area contributed by atoms with Crippen LogP contribution in [0, 0.1) is 0 Å². The Morgan fingerprint density at radius 2 is 2.25 bits per heavy atom. The van der Waals surface area contributed by atoms with Crippen molar-refractivity contribution in [3.8, 4) is 0 Å². The first-order valence-corrected chi connectivity index (χ1v) is 3.65. The van der Waals surface area contributed by atoms with Gasteiger partial charge in [0.25, 0.3) is 6.43 Å². The van der Waals surface area contributed by atoms with E-state index in [1.807, 2.05) is 6.92 Å². The van der Waals surface area contributed by atoms with Gasteiger partial charge in [0.2, 0.25) is 0 Å². The summed E-state index contributed by atoms with van der Waals surface area (Å²) < 4.78 is 24.1. The van der Waals surface area contributed by atoms with Gasteiger partial charge in [-0.1, -0.05) is 0 Å². The minimum absolute atomic E-state index is 0.0301. The maximum atomic E-state index is 12.1. The van der Waals surface area contributed by atoms with E-state index in [0.29, 0.717) is 5.82 Å². The molecule has 0 aliphatic rings. The van der Waals surface area contributed by atoms with Crippen molar-refractivity contribution in [2.24, 2.45) is 0 Å². The second-order valence-corrected chi connectivity index (χ2v) is 2.53. The Balaban J connectivity index is 2.77. The molecule has 0 aliphatic heterocycles. The Hall–Kier alpha value is -0.970. The molecule has 0 spiro atoms. The zero-order valence-electron chi connectivity index (χ0n) is 6.94. The minimum Gasteiger partial charge on any atom is -0.340 e. The number of hydrogen-bond acceptors (Lipinski definition) is 2. The largest absolute Gasteiger partial charge is 0.340 e. The first kappa shape index (κ1) is 9.12. The quantitative estimate of drug-likeness (QED) is 0.733. The van der Waals surface area contributed by atoms with E-state index in [0.717, 1.165) is 6.20 Å². The van der Waals surface area contributed by atoms with Crippen LogP contribution < -0.4 is 5.32 Å². The maximum Gasteiger partial charge on any atom is 0.279 e. The molecule has 68 valence electrons. The summed E-state index contributed by atoms with van der Waals surface area (Å²) in [5.74, 6) is 0.535. The van der Waals surface area contributed by atoms with Crippen LogP contribution in [0.25, 0.3) is 0 Å². The lowest BCUT2D eigenvalue weighted by Crippen LogP contribution is -2.13. The average Bonchev–Trinajstić information content (AvgIpc) is 2.51. The van der Waals surface area contributed by atoms with Crippen LogP contribution in [0.1, 0.15) is 30.9 Å². The summed E-state index contributed by atoms with van der Waals surface area (Å²) in [5, 5.41) is 2.89. The molecule has 0 fully saturated rings. The van der Waals surface area contributed by atoms with Crippen LogP contribution in [-0.4, -0.2) is 17.0 Å². The molecule has 0 bridgehead atoms. The van der Waals surface area contributed by atoms with E-state index >= 15 is 0 Å². The van der Waals surface area contributed by atoms with Crippen LogP contribution >= 0.6 is 0 Å². The lowest BCUT2D eigenvalue weighted by molar-refractivity contribution is 0.146. The fourth-order valence-corrected chi connectivity index (χ4v) is 0.819. The zero-order valence-corrected chi connectivity index (χ0v) is 6.94. The standard InChI is InChI=1S/C7H11F2N3/c1-4(10-2)7-11-3-5(12-7)6(8)9/h3-4,6,10H,1-2H3,(H,11,12). The van der Waals surface area contributed by atoms with Gasteiger partial charge < -0.3 is 10.3 Å². The van der Waals surface area contributed by atoms with E-state index in [9.17, 15) is 8.78 Å². The van der Waals surface area contributed by atoms with Crippen LogP contribution in [0.15, 0.2) is 6.20 Å². The Morgan fingerprint density at radius 3 is 2.67 bits per heavy atom. The van der Waals surface area contributed by atoms with Crippen molar-refractivity contribution < 1.29 is 8.78 Å². The van der Waals surface area contributed by atoms with Gasteiger partial charge in [0, 0.05) is 0 Å². The Kier molecular flexibility index (Phi) is 2.75. The highest BCUT2D eigenvalue weighted by Gasteiger charge is 2.12. The molecule has 0 aromatic carbocycles. The number of aromatic nitrogens is 2. The van der Waals surface area contributed by atoms with Gasteiger partial charge in [0.05, 0.1) is 12.2 Å². The number of nitrogens with zero attached hydrogens (tertiary/aromatic N) is 1. The second kappa shape index (κ2) is 3.62. The average molecular weight is 175 g/mol. The van der Waals surface area contributed by atoms with E-state index in [2.05, 4.69) is 15.3 Å². The number of rotatable bonds is 3. The van der Waals surface area contributed by atoms with E-state index < -0.39 is 6.43 Å². The predicted molar refractivity (Wildman–Crippen MR) is 41.0 cm³/mol. The SMILES string of the molecule is CNC(C)c1ncc(C(F)F)[nH]1. The molecule has 0 saturated carbocycles. The van der Waals surface area contributed by atoms with Crippen molar-refractivity contribution in [3.63, 3.8) is 0 Å². The van der Waals surface area contributed by atoms with E-state index in [1.165, 1.54) is 0 Å². The molecule has 1 aromatic rings. The normalized spacial score (nSPS) is 13.8. The molecule has 1 rings (SSSR count). The fraction of sp³-hybridized carbons (Fsp3) is 0.571. The predicted octanol–water partition coefficient (Wildman–Crippen LogP) is 1.63. The summed E-state index contributed by atoms with van der Waals surface area (Å²) in [7, 11) is 1.75. The molecule has 0 amide bonds. The van der Waals surface area contributed by atoms with Gasteiger partial charge in [-0.25, -0.2) is 13.8 Å². The highest BCUT2D eigenvalue weighted by atomic mass is 19.3. The summed E-state index contributed by atoms with van der Waals surface area (Å²) in [6.45, 7) is 1.84. The second-order valence-electron chi connectivity index (χ2n) is 2.53. The minimum atomic E-state index is -2.48. The van der Waals surface area contributed by atoms with Gasteiger partial charge in [0.1, 0.15) is 11.5 Å². The third kappa shape index (κ3) is 1.79. The smallest absolute Gasteiger partial charge is 0.279 e. The molecular weight excluding hydrogens is 164 g/mol. The van der Waals surface area contributed by atoms with Crippen LogP contribution in [-0.2, 0) is 0 Å². The molecule has 0 saturated heterocycles. The highest BCUT2D eigenvalue weighted by molar-refractivity contribution is 5.04. The van der Waals surface area contributed by atoms with Crippen molar-refractivity contribution in [2.75, 3.05) is 7.05 Å². The third-order valence-electron chi connectivity index (χ3n) is 1.69. The van der Waals surface area contributed by atoms with Crippen LogP contribution in [0.3, 0.4) is 0 Å². The van der Waals surface area contributed by atoms with Gasteiger partial charge in [0.15, 0.2) is 0 Å². The van der Waals surface area contributed by atoms with Crippen molar-refractivity contribution in [2.45, 2.75) is 19.4 Å². The molecule has 0 aliphatic carbocycles. The van der Waals surface area contributed by atoms with Crippen molar-refractivity contribution >= 4 is 0 Å². The van der Waals surface area contributed by atoms with E-state index in [1.54, 1.807) is 7.05 Å². The molecule has 2 N–H and O–H groups in total. The van der Waals surface area contributed by atoms with Gasteiger partial charge in [-0.3, -0.25) is 0 Å². The first-order chi connectivity index (χ1) is 5.65. The van der Waals surface area contributed by atoms with Gasteiger partial charge in [-0.2, -0.15) is 0 Å². The topological polar surface area (TPSA) is 40.7 Å². The number of nitrogens with one attached hydrogen (secondary N) is 2. The molecular formula is C7H11F2N3. The van der Waals surface area contributed by atoms with Crippen molar-refractivity contribution in [1.82, 2.24) is 15.3 Å². The number of halogens is 2. The number of H-pyrrole nitrogens is 1. The number of alkyl halides is 2. The van der Waals surface area contributed by atoms with Crippen LogP contribution in [0.4, 0.5) is 8.78 Å². The lowest BCUT2D eigenvalue weighted by Gasteiger charge is -2.04. The summed E-state index contributed by atoms with van der Waals surface area (Å²) >= 11 is 0. The molecule has 1 heterocycles. The molecule has 3 nitrogen and oxygen atoms in total. The summed E-state index contributed by atoms with van der Waals surface area (Å²) in [6.07, 6.45) is -1.32. The Morgan fingerprint density at radius 1 is 1.58 bits per heavy atom. The molecule has 1 atom stereocenters. The first-order valence-electron chi connectivity index (χ1n) is 3.65. The number of imidazole rings is 1.